The van der Waals surface area contributed by atoms with Gasteiger partial charge in [0.1, 0.15) is 0 Å². The molecule has 0 aliphatic heterocycles. The minimum atomic E-state index is 0.631. The van der Waals surface area contributed by atoms with Gasteiger partial charge in [-0.1, -0.05) is 140 Å². The molecule has 0 atom stereocenters. The molecule has 0 saturated carbocycles. The van der Waals surface area contributed by atoms with E-state index in [-0.39, 0.29) is 0 Å². The van der Waals surface area contributed by atoms with Crippen LogP contribution in [0.2, 0.25) is 0 Å². The van der Waals surface area contributed by atoms with Crippen molar-refractivity contribution in [2.45, 2.75) is 6.92 Å². The van der Waals surface area contributed by atoms with Gasteiger partial charge in [-0.05, 0) is 75.8 Å². The predicted octanol–water partition coefficient (Wildman–Crippen LogP) is 13.1. The number of benzene rings is 7. The fraction of sp³-hybridized carbons (Fsp3) is 0.0204. The number of hydrogen-bond acceptors (Lipinski definition) is 5. The third-order valence-corrected chi connectivity index (χ3v) is 11.3. The monoisotopic (exact) mass is 708 g/mol. The summed E-state index contributed by atoms with van der Waals surface area (Å²) in [5.74, 6) is 1.91. The lowest BCUT2D eigenvalue weighted by molar-refractivity contribution is 1.08. The van der Waals surface area contributed by atoms with Gasteiger partial charge in [-0.15, -0.1) is 11.3 Å². The summed E-state index contributed by atoms with van der Waals surface area (Å²) in [5, 5.41) is 4.64. The van der Waals surface area contributed by atoms with E-state index >= 15 is 0 Å². The lowest BCUT2D eigenvalue weighted by Crippen LogP contribution is -2.01. The smallest absolute Gasteiger partial charge is 0.165 e. The minimum Gasteiger partial charge on any atom is -0.261 e. The van der Waals surface area contributed by atoms with Crippen LogP contribution in [0.15, 0.2) is 176 Å². The third kappa shape index (κ3) is 5.72. The Morgan fingerprint density at radius 1 is 0.389 bits per heavy atom. The Balaban J connectivity index is 1.25. The highest BCUT2D eigenvalue weighted by Crippen LogP contribution is 2.44. The number of nitrogens with zero attached hydrogens (tertiary/aromatic N) is 4. The van der Waals surface area contributed by atoms with Crippen LogP contribution in [0.25, 0.3) is 98.5 Å². The summed E-state index contributed by atoms with van der Waals surface area (Å²) in [6.45, 7) is 2.02. The number of hydrogen-bond donors (Lipinski definition) is 0. The van der Waals surface area contributed by atoms with Gasteiger partial charge in [-0.2, -0.15) is 0 Å². The molecule has 3 aromatic heterocycles. The topological polar surface area (TPSA) is 51.6 Å². The second-order valence-corrected chi connectivity index (χ2v) is 14.6. The Kier molecular flexibility index (Phi) is 7.85. The van der Waals surface area contributed by atoms with Crippen LogP contribution in [0, 0.1) is 6.92 Å². The van der Waals surface area contributed by atoms with Crippen LogP contribution in [-0.2, 0) is 0 Å². The normalized spacial score (nSPS) is 11.4. The van der Waals surface area contributed by atoms with Crippen LogP contribution in [0.3, 0.4) is 0 Å². The van der Waals surface area contributed by atoms with Crippen LogP contribution in [0.1, 0.15) is 5.69 Å². The first-order valence-corrected chi connectivity index (χ1v) is 18.9. The van der Waals surface area contributed by atoms with Gasteiger partial charge in [0, 0.05) is 54.3 Å². The number of aromatic nitrogens is 4. The summed E-state index contributed by atoms with van der Waals surface area (Å²) in [5.41, 5.74) is 10.5. The molecule has 5 heteroatoms. The molecule has 0 aliphatic rings. The molecule has 0 spiro atoms. The minimum absolute atomic E-state index is 0.631. The average Bonchev–Trinajstić information content (AvgIpc) is 3.62. The second kappa shape index (κ2) is 13.3. The van der Waals surface area contributed by atoms with Crippen molar-refractivity contribution in [3.05, 3.63) is 182 Å². The molecular formula is C49H32N4S. The number of rotatable bonds is 6. The van der Waals surface area contributed by atoms with Gasteiger partial charge in [-0.3, -0.25) is 4.98 Å². The van der Waals surface area contributed by atoms with Crippen LogP contribution < -0.4 is 0 Å². The zero-order valence-electron chi connectivity index (χ0n) is 29.4. The Morgan fingerprint density at radius 2 is 1.02 bits per heavy atom. The molecule has 0 bridgehead atoms. The van der Waals surface area contributed by atoms with Gasteiger partial charge < -0.3 is 0 Å². The van der Waals surface area contributed by atoms with Gasteiger partial charge in [-0.25, -0.2) is 15.0 Å². The van der Waals surface area contributed by atoms with Crippen molar-refractivity contribution in [2.24, 2.45) is 0 Å². The van der Waals surface area contributed by atoms with Crippen molar-refractivity contribution in [1.29, 1.82) is 0 Å². The highest BCUT2D eigenvalue weighted by molar-refractivity contribution is 7.26. The lowest BCUT2D eigenvalue weighted by atomic mass is 9.93. The Bertz CT molecular complexity index is 3000. The summed E-state index contributed by atoms with van der Waals surface area (Å²) in [6, 6.07) is 59.7. The Morgan fingerprint density at radius 3 is 1.85 bits per heavy atom. The van der Waals surface area contributed by atoms with Crippen molar-refractivity contribution < 1.29 is 0 Å². The molecule has 10 rings (SSSR count). The van der Waals surface area contributed by atoms with Gasteiger partial charge in [0.15, 0.2) is 17.5 Å². The van der Waals surface area contributed by atoms with Crippen LogP contribution >= 0.6 is 11.3 Å². The summed E-state index contributed by atoms with van der Waals surface area (Å²) >= 11 is 1.78. The first-order chi connectivity index (χ1) is 26.7. The van der Waals surface area contributed by atoms with Crippen molar-refractivity contribution in [2.75, 3.05) is 0 Å². The number of fused-ring (bicyclic) bond motifs is 4. The first-order valence-electron chi connectivity index (χ1n) is 18.0. The highest BCUT2D eigenvalue weighted by Gasteiger charge is 2.20. The Labute approximate surface area is 317 Å². The first kappa shape index (κ1) is 31.9. The predicted molar refractivity (Wildman–Crippen MR) is 225 cm³/mol. The molecule has 3 heterocycles. The largest absolute Gasteiger partial charge is 0.261 e. The average molecular weight is 709 g/mol. The zero-order chi connectivity index (χ0) is 36.0. The standard InChI is InChI=1S/C49H32N4S/c1-31-25-26-36(30-50-31)39-20-7-8-21-40(39)37-28-43-41-22-9-10-24-45(41)54-46(43)44(29-37)49-52-47(35-18-11-17-34(27-35)32-13-3-2-4-14-32)51-48(53-49)42-23-12-16-33-15-5-6-19-38(33)42/h2-30H,1H3. The van der Waals surface area contributed by atoms with E-state index in [2.05, 4.69) is 169 Å². The maximum atomic E-state index is 5.35. The van der Waals surface area contributed by atoms with Gasteiger partial charge in [0.2, 0.25) is 0 Å². The van der Waals surface area contributed by atoms with Crippen molar-refractivity contribution in [1.82, 2.24) is 19.9 Å². The highest BCUT2D eigenvalue weighted by atomic mass is 32.1. The Hall–Kier alpha value is -6.82. The van der Waals surface area contributed by atoms with E-state index in [1.165, 1.54) is 15.5 Å². The van der Waals surface area contributed by atoms with Crippen LogP contribution in [0.5, 0.6) is 0 Å². The maximum Gasteiger partial charge on any atom is 0.165 e. The van der Waals surface area contributed by atoms with E-state index in [4.69, 9.17) is 15.0 Å². The van der Waals surface area contributed by atoms with Crippen LogP contribution in [0.4, 0.5) is 0 Å². The molecule has 54 heavy (non-hydrogen) atoms. The molecule has 254 valence electrons. The lowest BCUT2D eigenvalue weighted by Gasteiger charge is -2.14. The molecule has 0 fully saturated rings. The van der Waals surface area contributed by atoms with Gasteiger partial charge in [0.05, 0.1) is 0 Å². The molecule has 0 saturated heterocycles. The zero-order valence-corrected chi connectivity index (χ0v) is 30.3. The molecular weight excluding hydrogens is 677 g/mol. The van der Waals surface area contributed by atoms with Crippen molar-refractivity contribution in [3.63, 3.8) is 0 Å². The van der Waals surface area contributed by atoms with E-state index in [1.807, 2.05) is 19.2 Å². The maximum absolute atomic E-state index is 5.35. The SMILES string of the molecule is Cc1ccc(-c2ccccc2-c2cc(-c3nc(-c4cccc(-c5ccccc5)c4)nc(-c4cccc5ccccc45)n3)c3sc4ccccc4c3c2)cn1. The van der Waals surface area contributed by atoms with E-state index in [0.29, 0.717) is 17.5 Å². The van der Waals surface area contributed by atoms with Crippen LogP contribution in [-0.4, -0.2) is 19.9 Å². The van der Waals surface area contributed by atoms with Crippen molar-refractivity contribution >= 4 is 42.3 Å². The van der Waals surface area contributed by atoms with E-state index in [9.17, 15) is 0 Å². The van der Waals surface area contributed by atoms with Gasteiger partial charge >= 0.3 is 0 Å². The fourth-order valence-electron chi connectivity index (χ4n) is 7.40. The fourth-order valence-corrected chi connectivity index (χ4v) is 8.59. The molecule has 10 aromatic rings. The third-order valence-electron chi connectivity index (χ3n) is 10.1. The quantitative estimate of drug-likeness (QED) is 0.173. The molecule has 0 aliphatic carbocycles. The van der Waals surface area contributed by atoms with Gasteiger partial charge in [0.25, 0.3) is 0 Å². The summed E-state index contributed by atoms with van der Waals surface area (Å²) < 4.78 is 2.37. The molecule has 0 amide bonds. The number of pyridine rings is 1. The second-order valence-electron chi connectivity index (χ2n) is 13.5. The van der Waals surface area contributed by atoms with Crippen molar-refractivity contribution in [3.8, 4) is 67.5 Å². The molecule has 4 nitrogen and oxygen atoms in total. The molecule has 0 N–H and O–H groups in total. The number of thiophene rings is 1. The van der Waals surface area contributed by atoms with E-state index < -0.39 is 0 Å². The molecule has 0 radical (unpaired) electrons. The summed E-state index contributed by atoms with van der Waals surface area (Å²) in [7, 11) is 0. The summed E-state index contributed by atoms with van der Waals surface area (Å²) in [4.78, 5) is 20.5. The van der Waals surface area contributed by atoms with E-state index in [1.54, 1.807) is 11.3 Å². The molecule has 0 unspecified atom stereocenters. The summed E-state index contributed by atoms with van der Waals surface area (Å²) in [6.07, 6.45) is 1.96. The molecule has 7 aromatic carbocycles. The van der Waals surface area contributed by atoms with E-state index in [0.717, 1.165) is 71.2 Å². The number of aryl methyl sites for hydroxylation is 1.